The van der Waals surface area contributed by atoms with Crippen LogP contribution in [0, 0.1) is 5.82 Å². The number of sulfonamides is 1. The fraction of sp³-hybridized carbons (Fsp3) is 0.381. The third kappa shape index (κ3) is 4.80. The maximum Gasteiger partial charge on any atom is 0.254 e. The van der Waals surface area contributed by atoms with Gasteiger partial charge < -0.3 is 14.8 Å². The zero-order chi connectivity index (χ0) is 21.7. The van der Waals surface area contributed by atoms with Crippen molar-refractivity contribution in [3.05, 3.63) is 59.4 Å². The van der Waals surface area contributed by atoms with Crippen molar-refractivity contribution in [2.45, 2.75) is 24.3 Å². The molecule has 7 nitrogen and oxygen atoms in total. The molecule has 1 atom stereocenters. The Labute approximate surface area is 175 Å². The van der Waals surface area contributed by atoms with Crippen LogP contribution in [0.1, 0.15) is 35.3 Å². The van der Waals surface area contributed by atoms with Gasteiger partial charge in [0.05, 0.1) is 36.8 Å². The molecule has 0 aliphatic carbocycles. The minimum Gasteiger partial charge on any atom is -0.497 e. The van der Waals surface area contributed by atoms with Gasteiger partial charge >= 0.3 is 0 Å². The molecule has 1 N–H and O–H groups in total. The predicted molar refractivity (Wildman–Crippen MR) is 109 cm³/mol. The van der Waals surface area contributed by atoms with Gasteiger partial charge in [0.25, 0.3) is 5.91 Å². The zero-order valence-corrected chi connectivity index (χ0v) is 17.7. The topological polar surface area (TPSA) is 84.9 Å². The van der Waals surface area contributed by atoms with Gasteiger partial charge in [-0.1, -0.05) is 19.1 Å². The van der Waals surface area contributed by atoms with Crippen LogP contribution in [0.25, 0.3) is 0 Å². The van der Waals surface area contributed by atoms with E-state index in [2.05, 4.69) is 5.32 Å². The number of nitrogens with zero attached hydrogens (tertiary/aromatic N) is 1. The van der Waals surface area contributed by atoms with Gasteiger partial charge in [-0.15, -0.1) is 0 Å². The predicted octanol–water partition coefficient (Wildman–Crippen LogP) is 2.74. The lowest BCUT2D eigenvalue weighted by atomic mass is 10.0. The van der Waals surface area contributed by atoms with E-state index in [1.54, 1.807) is 19.2 Å². The molecule has 3 rings (SSSR count). The van der Waals surface area contributed by atoms with Crippen LogP contribution in [0.4, 0.5) is 4.39 Å². The van der Waals surface area contributed by atoms with Crippen LogP contribution in [-0.4, -0.2) is 52.0 Å². The Morgan fingerprint density at radius 1 is 1.20 bits per heavy atom. The SMILES string of the molecule is CC[C@@H](NC(=O)c1cc(S(=O)(=O)N2CCOCC2)ccc1F)c1ccc(OC)cc1. The summed E-state index contributed by atoms with van der Waals surface area (Å²) in [6.45, 7) is 2.93. The highest BCUT2D eigenvalue weighted by atomic mass is 32.2. The van der Waals surface area contributed by atoms with E-state index in [9.17, 15) is 17.6 Å². The van der Waals surface area contributed by atoms with Gasteiger partial charge in [0.2, 0.25) is 10.0 Å². The fourth-order valence-corrected chi connectivity index (χ4v) is 4.70. The molecule has 0 aromatic heterocycles. The second kappa shape index (κ2) is 9.55. The molecule has 0 bridgehead atoms. The first kappa shape index (κ1) is 22.2. The number of benzene rings is 2. The van der Waals surface area contributed by atoms with Gasteiger partial charge in [0, 0.05) is 13.1 Å². The summed E-state index contributed by atoms with van der Waals surface area (Å²) < 4.78 is 51.7. The maximum absolute atomic E-state index is 14.4. The molecule has 1 saturated heterocycles. The molecule has 162 valence electrons. The molecule has 30 heavy (non-hydrogen) atoms. The molecule has 0 unspecified atom stereocenters. The van der Waals surface area contributed by atoms with Gasteiger partial charge in [-0.05, 0) is 42.3 Å². The summed E-state index contributed by atoms with van der Waals surface area (Å²) in [4.78, 5) is 12.7. The molecule has 0 radical (unpaired) electrons. The standard InChI is InChI=1S/C21H25FN2O5S/c1-3-20(15-4-6-16(28-2)7-5-15)23-21(25)18-14-17(8-9-19(18)22)30(26,27)24-10-12-29-13-11-24/h4-9,14,20H,3,10-13H2,1-2H3,(H,23,25)/t20-/m1/s1. The van der Waals surface area contributed by atoms with E-state index in [0.717, 1.165) is 17.7 Å². The van der Waals surface area contributed by atoms with E-state index < -0.39 is 21.7 Å². The number of nitrogens with one attached hydrogen (secondary N) is 1. The average Bonchev–Trinajstić information content (AvgIpc) is 2.78. The van der Waals surface area contributed by atoms with Crippen molar-refractivity contribution in [3.8, 4) is 5.75 Å². The van der Waals surface area contributed by atoms with Crippen LogP contribution in [0.3, 0.4) is 0 Å². The molecule has 1 fully saturated rings. The lowest BCUT2D eigenvalue weighted by molar-refractivity contribution is 0.0730. The normalized spacial score (nSPS) is 16.1. The zero-order valence-electron chi connectivity index (χ0n) is 16.9. The minimum atomic E-state index is -3.84. The second-order valence-electron chi connectivity index (χ2n) is 6.87. The van der Waals surface area contributed by atoms with Gasteiger partial charge in [0.15, 0.2) is 0 Å². The number of carbonyl (C=O) groups excluding carboxylic acids is 1. The molecule has 2 aromatic carbocycles. The monoisotopic (exact) mass is 436 g/mol. The Balaban J connectivity index is 1.83. The lowest BCUT2D eigenvalue weighted by Crippen LogP contribution is -2.40. The molecule has 1 amide bonds. The number of hydrogen-bond donors (Lipinski definition) is 1. The molecule has 0 saturated carbocycles. The number of ether oxygens (including phenoxy) is 2. The highest BCUT2D eigenvalue weighted by Crippen LogP contribution is 2.23. The summed E-state index contributed by atoms with van der Waals surface area (Å²) in [7, 11) is -2.27. The molecular weight excluding hydrogens is 411 g/mol. The smallest absolute Gasteiger partial charge is 0.254 e. The van der Waals surface area contributed by atoms with Crippen molar-refractivity contribution < 1.29 is 27.1 Å². The summed E-state index contributed by atoms with van der Waals surface area (Å²) in [5.41, 5.74) is 0.528. The number of hydrogen-bond acceptors (Lipinski definition) is 5. The number of rotatable bonds is 7. The van der Waals surface area contributed by atoms with Gasteiger partial charge in [-0.2, -0.15) is 4.31 Å². The Morgan fingerprint density at radius 2 is 1.87 bits per heavy atom. The van der Waals surface area contributed by atoms with E-state index >= 15 is 0 Å². The number of morpholine rings is 1. The van der Waals surface area contributed by atoms with Crippen LogP contribution in [0.5, 0.6) is 5.75 Å². The molecular formula is C21H25FN2O5S. The molecule has 1 aliphatic rings. The third-order valence-electron chi connectivity index (χ3n) is 5.02. The second-order valence-corrected chi connectivity index (χ2v) is 8.80. The van der Waals surface area contributed by atoms with Crippen LogP contribution >= 0.6 is 0 Å². The van der Waals surface area contributed by atoms with Crippen molar-refractivity contribution in [2.75, 3.05) is 33.4 Å². The van der Waals surface area contributed by atoms with E-state index in [4.69, 9.17) is 9.47 Å². The van der Waals surface area contributed by atoms with Crippen molar-refractivity contribution in [2.24, 2.45) is 0 Å². The highest BCUT2D eigenvalue weighted by Gasteiger charge is 2.28. The third-order valence-corrected chi connectivity index (χ3v) is 6.92. The van der Waals surface area contributed by atoms with Gasteiger partial charge in [-0.25, -0.2) is 12.8 Å². The summed E-state index contributed by atoms with van der Waals surface area (Å²) in [6.07, 6.45) is 0.575. The van der Waals surface area contributed by atoms with Crippen molar-refractivity contribution in [1.29, 1.82) is 0 Å². The number of methoxy groups -OCH3 is 1. The summed E-state index contributed by atoms with van der Waals surface area (Å²) >= 11 is 0. The number of carbonyl (C=O) groups is 1. The molecule has 1 heterocycles. The average molecular weight is 437 g/mol. The van der Waals surface area contributed by atoms with Crippen LogP contribution in [-0.2, 0) is 14.8 Å². The Hall–Kier alpha value is -2.49. The minimum absolute atomic E-state index is 0.117. The Kier molecular flexibility index (Phi) is 7.06. The van der Waals surface area contributed by atoms with Crippen molar-refractivity contribution in [3.63, 3.8) is 0 Å². The summed E-state index contributed by atoms with van der Waals surface area (Å²) in [6, 6.07) is 10.1. The molecule has 1 aliphatic heterocycles. The van der Waals surface area contributed by atoms with Crippen LogP contribution in [0.15, 0.2) is 47.4 Å². The van der Waals surface area contributed by atoms with E-state index in [1.165, 1.54) is 10.4 Å². The van der Waals surface area contributed by atoms with Crippen LogP contribution in [0.2, 0.25) is 0 Å². The van der Waals surface area contributed by atoms with Crippen molar-refractivity contribution >= 4 is 15.9 Å². The van der Waals surface area contributed by atoms with E-state index in [1.807, 2.05) is 19.1 Å². The van der Waals surface area contributed by atoms with Gasteiger partial charge in [-0.3, -0.25) is 4.79 Å². The largest absolute Gasteiger partial charge is 0.497 e. The number of halogens is 1. The molecule has 0 spiro atoms. The van der Waals surface area contributed by atoms with Gasteiger partial charge in [0.1, 0.15) is 11.6 Å². The Morgan fingerprint density at radius 3 is 2.47 bits per heavy atom. The van der Waals surface area contributed by atoms with E-state index in [-0.39, 0.29) is 29.6 Å². The summed E-state index contributed by atoms with van der Waals surface area (Å²) in [5, 5.41) is 2.79. The Bertz CT molecular complexity index is 989. The highest BCUT2D eigenvalue weighted by molar-refractivity contribution is 7.89. The first-order valence-electron chi connectivity index (χ1n) is 9.69. The maximum atomic E-state index is 14.4. The van der Waals surface area contributed by atoms with E-state index in [0.29, 0.717) is 25.4 Å². The molecule has 9 heteroatoms. The first-order chi connectivity index (χ1) is 14.4. The first-order valence-corrected chi connectivity index (χ1v) is 11.1. The lowest BCUT2D eigenvalue weighted by Gasteiger charge is -2.26. The van der Waals surface area contributed by atoms with Crippen molar-refractivity contribution in [1.82, 2.24) is 9.62 Å². The summed E-state index contributed by atoms with van der Waals surface area (Å²) in [5.74, 6) is -0.765. The molecule has 2 aromatic rings. The number of amides is 1. The fourth-order valence-electron chi connectivity index (χ4n) is 3.27. The quantitative estimate of drug-likeness (QED) is 0.722. The van der Waals surface area contributed by atoms with Crippen LogP contribution < -0.4 is 10.1 Å².